The maximum Gasteiger partial charge on any atom is 0.326 e. The fourth-order valence-electron chi connectivity index (χ4n) is 1.16. The summed E-state index contributed by atoms with van der Waals surface area (Å²) in [6, 6.07) is -0.906. The number of hydrogen-bond donors (Lipinski definition) is 2. The second-order valence-corrected chi connectivity index (χ2v) is 3.97. The molecule has 0 aliphatic rings. The Balaban J connectivity index is 4.22. The van der Waals surface area contributed by atoms with E-state index in [-0.39, 0.29) is 18.1 Å². The number of hydrogen-bond acceptors (Lipinski definition) is 3. The van der Waals surface area contributed by atoms with Gasteiger partial charge in [-0.25, -0.2) is 4.79 Å². The summed E-state index contributed by atoms with van der Waals surface area (Å²) < 4.78 is 0. The van der Waals surface area contributed by atoms with Crippen molar-refractivity contribution in [3.63, 3.8) is 0 Å². The van der Waals surface area contributed by atoms with Crippen LogP contribution in [0, 0.1) is 5.92 Å². The molecule has 0 aromatic carbocycles. The summed E-state index contributed by atoms with van der Waals surface area (Å²) in [6.45, 7) is 5.03. The molecule has 1 atom stereocenters. The van der Waals surface area contributed by atoms with Crippen molar-refractivity contribution in [3.8, 4) is 0 Å². The lowest BCUT2D eigenvalue weighted by atomic mass is 10.0. The van der Waals surface area contributed by atoms with Gasteiger partial charge in [-0.1, -0.05) is 13.8 Å². The molecule has 1 unspecified atom stereocenters. The molecule has 86 valence electrons. The number of rotatable bonds is 6. The summed E-state index contributed by atoms with van der Waals surface area (Å²) in [5.41, 5.74) is 0. The maximum absolute atomic E-state index is 11.2. The minimum Gasteiger partial charge on any atom is -0.480 e. The zero-order valence-electron chi connectivity index (χ0n) is 9.24. The molecule has 5 nitrogen and oxygen atoms in total. The summed E-state index contributed by atoms with van der Waals surface area (Å²) in [7, 11) is 0. The van der Waals surface area contributed by atoms with E-state index in [1.807, 2.05) is 13.8 Å². The van der Waals surface area contributed by atoms with Gasteiger partial charge in [-0.3, -0.25) is 9.59 Å². The molecular weight excluding hydrogens is 198 g/mol. The van der Waals surface area contributed by atoms with E-state index in [2.05, 4.69) is 5.32 Å². The van der Waals surface area contributed by atoms with Gasteiger partial charge in [-0.05, 0) is 19.3 Å². The Kier molecular flexibility index (Phi) is 5.59. The molecule has 0 fully saturated rings. The van der Waals surface area contributed by atoms with Gasteiger partial charge in [0, 0.05) is 0 Å². The fraction of sp³-hybridized carbons (Fsp3) is 0.700. The molecule has 0 saturated heterocycles. The Morgan fingerprint density at radius 3 is 2.13 bits per heavy atom. The Hall–Kier alpha value is -1.39. The number of ketones is 1. The van der Waals surface area contributed by atoms with Crippen LogP contribution >= 0.6 is 0 Å². The highest BCUT2D eigenvalue weighted by Crippen LogP contribution is 2.05. The van der Waals surface area contributed by atoms with E-state index in [4.69, 9.17) is 5.11 Å². The summed E-state index contributed by atoms with van der Waals surface area (Å²) in [5, 5.41) is 11.1. The number of Topliss-reactive ketones (excluding diaryl/α,β-unsaturated/α-hetero) is 1. The first kappa shape index (κ1) is 13.6. The van der Waals surface area contributed by atoms with E-state index in [1.54, 1.807) is 0 Å². The van der Waals surface area contributed by atoms with Crippen molar-refractivity contribution in [2.24, 2.45) is 5.92 Å². The highest BCUT2D eigenvalue weighted by Gasteiger charge is 2.21. The van der Waals surface area contributed by atoms with E-state index < -0.39 is 17.9 Å². The second-order valence-electron chi connectivity index (χ2n) is 3.97. The van der Waals surface area contributed by atoms with Crippen molar-refractivity contribution in [2.45, 2.75) is 39.7 Å². The number of carboxylic acids is 1. The molecule has 5 heteroatoms. The van der Waals surface area contributed by atoms with Gasteiger partial charge in [0.05, 0.1) is 6.42 Å². The van der Waals surface area contributed by atoms with Crippen LogP contribution in [0.15, 0.2) is 0 Å². The van der Waals surface area contributed by atoms with Gasteiger partial charge in [-0.2, -0.15) is 0 Å². The first-order valence-corrected chi connectivity index (χ1v) is 4.84. The predicted octanol–water partition coefficient (Wildman–Crippen LogP) is 0.581. The van der Waals surface area contributed by atoms with Crippen LogP contribution in [-0.2, 0) is 14.4 Å². The van der Waals surface area contributed by atoms with Gasteiger partial charge in [0.1, 0.15) is 11.8 Å². The van der Waals surface area contributed by atoms with Crippen LogP contribution in [0.3, 0.4) is 0 Å². The summed E-state index contributed by atoms with van der Waals surface area (Å²) in [6.07, 6.45) is 0.0981. The van der Waals surface area contributed by atoms with Gasteiger partial charge in [0.2, 0.25) is 5.91 Å². The maximum atomic E-state index is 11.2. The van der Waals surface area contributed by atoms with Crippen LogP contribution in [0.2, 0.25) is 0 Å². The molecule has 0 aromatic rings. The minimum absolute atomic E-state index is 0.170. The molecule has 1 amide bonds. The lowest BCUT2D eigenvalue weighted by molar-refractivity contribution is -0.142. The third-order valence-electron chi connectivity index (χ3n) is 1.75. The molecule has 0 spiro atoms. The van der Waals surface area contributed by atoms with Crippen LogP contribution in [0.25, 0.3) is 0 Å². The van der Waals surface area contributed by atoms with Gasteiger partial charge >= 0.3 is 5.97 Å². The number of carbonyl (C=O) groups excluding carboxylic acids is 2. The standard InChI is InChI=1S/C10H17NO4/c1-6(2)4-8(10(14)15)11-9(13)5-7(3)12/h6,8H,4-5H2,1-3H3,(H,11,13)(H,14,15). The molecule has 0 radical (unpaired) electrons. The first-order chi connectivity index (χ1) is 6.82. The number of carbonyl (C=O) groups is 3. The van der Waals surface area contributed by atoms with Crippen LogP contribution in [0.5, 0.6) is 0 Å². The van der Waals surface area contributed by atoms with Crippen molar-refractivity contribution < 1.29 is 19.5 Å². The van der Waals surface area contributed by atoms with Crippen LogP contribution in [-0.4, -0.2) is 28.8 Å². The van der Waals surface area contributed by atoms with Crippen molar-refractivity contribution in [1.29, 1.82) is 0 Å². The zero-order chi connectivity index (χ0) is 12.0. The summed E-state index contributed by atoms with van der Waals surface area (Å²) >= 11 is 0. The molecule has 0 bridgehead atoms. The molecule has 0 aromatic heterocycles. The average Bonchev–Trinajstić information content (AvgIpc) is 1.99. The normalized spacial score (nSPS) is 12.3. The Labute approximate surface area is 88.9 Å². The highest BCUT2D eigenvalue weighted by atomic mass is 16.4. The first-order valence-electron chi connectivity index (χ1n) is 4.84. The molecule has 0 aliphatic carbocycles. The largest absolute Gasteiger partial charge is 0.480 e. The van der Waals surface area contributed by atoms with E-state index in [0.717, 1.165) is 0 Å². The predicted molar refractivity (Wildman–Crippen MR) is 54.3 cm³/mol. The number of aliphatic carboxylic acids is 1. The third-order valence-corrected chi connectivity index (χ3v) is 1.75. The van der Waals surface area contributed by atoms with Crippen molar-refractivity contribution in [3.05, 3.63) is 0 Å². The Bertz CT molecular complexity index is 260. The SMILES string of the molecule is CC(=O)CC(=O)NC(CC(C)C)C(=O)O. The summed E-state index contributed by atoms with van der Waals surface area (Å²) in [5.74, 6) is -1.71. The molecule has 2 N–H and O–H groups in total. The molecule has 0 saturated carbocycles. The smallest absolute Gasteiger partial charge is 0.326 e. The minimum atomic E-state index is -1.07. The monoisotopic (exact) mass is 215 g/mol. The Morgan fingerprint density at radius 2 is 1.80 bits per heavy atom. The molecule has 0 aliphatic heterocycles. The highest BCUT2D eigenvalue weighted by molar-refractivity contribution is 5.98. The van der Waals surface area contributed by atoms with Gasteiger partial charge in [0.25, 0.3) is 0 Å². The van der Waals surface area contributed by atoms with Gasteiger partial charge in [0.15, 0.2) is 0 Å². The summed E-state index contributed by atoms with van der Waals surface area (Å²) in [4.78, 5) is 32.5. The number of nitrogens with one attached hydrogen (secondary N) is 1. The quantitative estimate of drug-likeness (QED) is 0.635. The van der Waals surface area contributed by atoms with Crippen molar-refractivity contribution in [2.75, 3.05) is 0 Å². The molecule has 15 heavy (non-hydrogen) atoms. The molecular formula is C10H17NO4. The topological polar surface area (TPSA) is 83.5 Å². The third kappa shape index (κ3) is 6.65. The van der Waals surface area contributed by atoms with E-state index in [9.17, 15) is 14.4 Å². The van der Waals surface area contributed by atoms with Gasteiger partial charge in [-0.15, -0.1) is 0 Å². The average molecular weight is 215 g/mol. The van der Waals surface area contributed by atoms with Crippen molar-refractivity contribution >= 4 is 17.7 Å². The van der Waals surface area contributed by atoms with E-state index >= 15 is 0 Å². The fourth-order valence-corrected chi connectivity index (χ4v) is 1.16. The van der Waals surface area contributed by atoms with E-state index in [0.29, 0.717) is 6.42 Å². The van der Waals surface area contributed by atoms with Gasteiger partial charge < -0.3 is 10.4 Å². The van der Waals surface area contributed by atoms with E-state index in [1.165, 1.54) is 6.92 Å². The number of carboxylic acid groups (broad SMARTS) is 1. The van der Waals surface area contributed by atoms with Crippen LogP contribution in [0.1, 0.15) is 33.6 Å². The Morgan fingerprint density at radius 1 is 1.27 bits per heavy atom. The number of amides is 1. The lowest BCUT2D eigenvalue weighted by Crippen LogP contribution is -2.42. The second kappa shape index (κ2) is 6.16. The zero-order valence-corrected chi connectivity index (χ0v) is 9.24. The molecule has 0 rings (SSSR count). The lowest BCUT2D eigenvalue weighted by Gasteiger charge is -2.15. The van der Waals surface area contributed by atoms with Crippen molar-refractivity contribution in [1.82, 2.24) is 5.32 Å². The molecule has 0 heterocycles. The van der Waals surface area contributed by atoms with Crippen LogP contribution in [0.4, 0.5) is 0 Å². The van der Waals surface area contributed by atoms with Crippen LogP contribution < -0.4 is 5.32 Å².